The second-order valence-corrected chi connectivity index (χ2v) is 0.652. The molecule has 0 saturated heterocycles. The molecular formula is C2H4INO3. The third-order valence-corrected chi connectivity index (χ3v) is 0.201. The zero-order valence-electron chi connectivity index (χ0n) is 3.25. The van der Waals surface area contributed by atoms with Gasteiger partial charge in [0, 0.05) is 0 Å². The lowest BCUT2D eigenvalue weighted by atomic mass is 10.7. The summed E-state index contributed by atoms with van der Waals surface area (Å²) in [6.07, 6.45) is 0. The molecule has 0 bridgehead atoms. The standard InChI is InChI=1S/C2H3NO3.H2I/c3-1(4)2(5)6;/h(H2,3,4)(H,5,6);1H2/q;+1/p-1. The van der Waals surface area contributed by atoms with Crippen LogP contribution in [0.2, 0.25) is 0 Å². The third kappa shape index (κ3) is 5.67. The quantitative estimate of drug-likeness (QED) is 0.323. The number of amides is 1. The molecule has 42 valence electrons. The molecule has 5 heteroatoms. The number of carbonyl (C=O) groups excluding carboxylic acids is 2. The molecule has 0 aromatic carbocycles. The van der Waals surface area contributed by atoms with Gasteiger partial charge in [-0.1, -0.05) is 0 Å². The van der Waals surface area contributed by atoms with Crippen LogP contribution in [0.25, 0.3) is 0 Å². The highest BCUT2D eigenvalue weighted by molar-refractivity contribution is 6.29. The Morgan fingerprint density at radius 1 is 1.43 bits per heavy atom. The number of halogens is 1. The Balaban J connectivity index is 0. The van der Waals surface area contributed by atoms with Crippen molar-refractivity contribution in [3.63, 3.8) is 0 Å². The van der Waals surface area contributed by atoms with Crippen LogP contribution < -0.4 is 34.8 Å². The number of nitrogens with two attached hydrogens (primary N) is 1. The summed E-state index contributed by atoms with van der Waals surface area (Å²) in [6, 6.07) is 0. The van der Waals surface area contributed by atoms with Gasteiger partial charge in [0.25, 0.3) is 5.91 Å². The first-order valence-corrected chi connectivity index (χ1v) is 1.15. The molecule has 0 rings (SSSR count). The van der Waals surface area contributed by atoms with Crippen LogP contribution in [0.15, 0.2) is 0 Å². The molecule has 0 spiro atoms. The van der Waals surface area contributed by atoms with Crippen LogP contribution in [0.3, 0.4) is 0 Å². The van der Waals surface area contributed by atoms with E-state index in [0.29, 0.717) is 0 Å². The Morgan fingerprint density at radius 2 is 1.57 bits per heavy atom. The fourth-order valence-corrected chi connectivity index (χ4v) is 0. The van der Waals surface area contributed by atoms with Gasteiger partial charge in [-0.15, -0.1) is 0 Å². The molecule has 0 aliphatic heterocycles. The molecule has 0 radical (unpaired) electrons. The maximum absolute atomic E-state index is 9.26. The Labute approximate surface area is 56.7 Å². The van der Waals surface area contributed by atoms with Gasteiger partial charge in [0.1, 0.15) is 5.97 Å². The van der Waals surface area contributed by atoms with Crippen molar-refractivity contribution in [1.29, 1.82) is 0 Å². The zero-order chi connectivity index (χ0) is 5.15. The van der Waals surface area contributed by atoms with E-state index < -0.39 is 11.9 Å². The number of rotatable bonds is 0. The smallest absolute Gasteiger partial charge is 0.264 e. The largest absolute Gasteiger partial charge is 0.540 e. The molecule has 0 aromatic heterocycles. The van der Waals surface area contributed by atoms with Crippen molar-refractivity contribution in [3.05, 3.63) is 0 Å². The summed E-state index contributed by atoms with van der Waals surface area (Å²) in [6.45, 7) is 0. The van der Waals surface area contributed by atoms with Gasteiger partial charge >= 0.3 is 0 Å². The fourth-order valence-electron chi connectivity index (χ4n) is 0. The van der Waals surface area contributed by atoms with Gasteiger partial charge in [-0.25, -0.2) is 0 Å². The van der Waals surface area contributed by atoms with E-state index in [1.54, 1.807) is 0 Å². The van der Waals surface area contributed by atoms with E-state index in [2.05, 4.69) is 5.73 Å². The summed E-state index contributed by atoms with van der Waals surface area (Å²) in [5.41, 5.74) is 4.13. The molecule has 0 heterocycles. The van der Waals surface area contributed by atoms with E-state index in [-0.39, 0.29) is 24.0 Å². The molecule has 2 N–H and O–H groups in total. The van der Waals surface area contributed by atoms with E-state index in [4.69, 9.17) is 9.90 Å². The summed E-state index contributed by atoms with van der Waals surface area (Å²) in [7, 11) is 0. The minimum atomic E-state index is -1.85. The number of hydrogen-bond donors (Lipinski definition) is 1. The lowest BCUT2D eigenvalue weighted by molar-refractivity contribution is -0.299. The van der Waals surface area contributed by atoms with Crippen molar-refractivity contribution in [3.8, 4) is 0 Å². The van der Waals surface area contributed by atoms with E-state index in [9.17, 15) is 4.79 Å². The maximum atomic E-state index is 9.26. The SMILES string of the molecule is NC(=O)C(=O)[O-].[IH2+]. The molecule has 0 saturated carbocycles. The van der Waals surface area contributed by atoms with Crippen LogP contribution in [-0.4, -0.2) is 11.9 Å². The van der Waals surface area contributed by atoms with Crippen molar-refractivity contribution < 1.29 is 38.7 Å². The van der Waals surface area contributed by atoms with Gasteiger partial charge in [-0.2, -0.15) is 0 Å². The highest BCUT2D eigenvalue weighted by Gasteiger charge is 1.86. The van der Waals surface area contributed by atoms with Crippen molar-refractivity contribution in [2.24, 2.45) is 5.73 Å². The molecule has 0 aliphatic rings. The second-order valence-electron chi connectivity index (χ2n) is 0.652. The molecule has 7 heavy (non-hydrogen) atoms. The van der Waals surface area contributed by atoms with Gasteiger partial charge in [-0.3, -0.25) is 4.79 Å². The highest BCUT2D eigenvalue weighted by atomic mass is 127. The van der Waals surface area contributed by atoms with E-state index in [0.717, 1.165) is 0 Å². The van der Waals surface area contributed by atoms with Gasteiger partial charge in [0.05, 0.1) is 0 Å². The number of primary amides is 1. The van der Waals surface area contributed by atoms with Crippen molar-refractivity contribution in [2.75, 3.05) is 0 Å². The van der Waals surface area contributed by atoms with Crippen LogP contribution in [0, 0.1) is 0 Å². The maximum Gasteiger partial charge on any atom is 0.264 e. The second kappa shape index (κ2) is 3.85. The Kier molecular flexibility index (Phi) is 5.40. The first-order chi connectivity index (χ1) is 2.64. The summed E-state index contributed by atoms with van der Waals surface area (Å²) >= 11 is 0. The summed E-state index contributed by atoms with van der Waals surface area (Å²) in [5, 5.41) is 9.11. The predicted octanol–water partition coefficient (Wildman–Crippen LogP) is -6.31. The third-order valence-electron chi connectivity index (χ3n) is 0.201. The molecule has 0 aromatic rings. The average Bonchev–Trinajstić information content (AvgIpc) is 1.36. The highest BCUT2D eigenvalue weighted by Crippen LogP contribution is 1.43. The fraction of sp³-hybridized carbons (Fsp3) is 0. The van der Waals surface area contributed by atoms with Gasteiger partial charge in [-0.05, 0) is 0 Å². The van der Waals surface area contributed by atoms with Gasteiger partial charge < -0.3 is 15.6 Å². The molecule has 0 fully saturated rings. The monoisotopic (exact) mass is 217 g/mol. The van der Waals surface area contributed by atoms with Crippen molar-refractivity contribution in [1.82, 2.24) is 0 Å². The van der Waals surface area contributed by atoms with Gasteiger partial charge in [0.15, 0.2) is 0 Å². The predicted molar refractivity (Wildman–Crippen MR) is 17.0 cm³/mol. The lowest BCUT2D eigenvalue weighted by Gasteiger charge is -1.87. The average molecular weight is 217 g/mol. The Hall–Kier alpha value is -0.330. The van der Waals surface area contributed by atoms with Crippen LogP contribution in [0.4, 0.5) is 0 Å². The molecule has 4 nitrogen and oxygen atoms in total. The molecule has 0 aliphatic carbocycles. The lowest BCUT2D eigenvalue weighted by Crippen LogP contribution is -3.00. The minimum absolute atomic E-state index is 0. The molecular weight excluding hydrogens is 213 g/mol. The minimum Gasteiger partial charge on any atom is -0.540 e. The number of carboxylic acid groups (broad SMARTS) is 1. The van der Waals surface area contributed by atoms with Crippen LogP contribution >= 0.6 is 0 Å². The van der Waals surface area contributed by atoms with Gasteiger partial charge in [0.2, 0.25) is 24.0 Å². The molecule has 0 atom stereocenters. The van der Waals surface area contributed by atoms with Crippen LogP contribution in [0.5, 0.6) is 0 Å². The molecule has 1 amide bonds. The summed E-state index contributed by atoms with van der Waals surface area (Å²) in [5.74, 6) is -3.29. The zero-order valence-corrected chi connectivity index (χ0v) is 5.80. The molecule has 0 unspecified atom stereocenters. The Bertz CT molecular complexity index is 78.9. The summed E-state index contributed by atoms with van der Waals surface area (Å²) in [4.78, 5) is 18.4. The number of hydrogen-bond acceptors (Lipinski definition) is 3. The van der Waals surface area contributed by atoms with E-state index in [1.165, 1.54) is 0 Å². The van der Waals surface area contributed by atoms with Crippen molar-refractivity contribution in [2.45, 2.75) is 0 Å². The first kappa shape index (κ1) is 9.83. The first-order valence-electron chi connectivity index (χ1n) is 1.15. The number of carboxylic acids is 1. The van der Waals surface area contributed by atoms with Crippen LogP contribution in [-0.2, 0) is 9.59 Å². The van der Waals surface area contributed by atoms with Crippen molar-refractivity contribution >= 4 is 11.9 Å². The number of aliphatic carboxylic acids is 1. The topological polar surface area (TPSA) is 83.2 Å². The summed E-state index contributed by atoms with van der Waals surface area (Å²) < 4.78 is 0. The number of carbonyl (C=O) groups is 2. The normalized spacial score (nSPS) is 6.29. The van der Waals surface area contributed by atoms with E-state index in [1.807, 2.05) is 0 Å². The van der Waals surface area contributed by atoms with Crippen LogP contribution in [0.1, 0.15) is 0 Å². The van der Waals surface area contributed by atoms with E-state index >= 15 is 0 Å². The Morgan fingerprint density at radius 3 is 1.57 bits per heavy atom.